The van der Waals surface area contributed by atoms with Crippen molar-refractivity contribution in [2.75, 3.05) is 28.5 Å². The van der Waals surface area contributed by atoms with Crippen molar-refractivity contribution in [3.63, 3.8) is 0 Å². The van der Waals surface area contributed by atoms with Crippen LogP contribution in [0.15, 0.2) is 42.6 Å². The number of pyridine rings is 1. The first kappa shape index (κ1) is 19.9. The van der Waals surface area contributed by atoms with Gasteiger partial charge in [-0.1, -0.05) is 30.3 Å². The second-order valence-electron chi connectivity index (χ2n) is 6.65. The third-order valence-corrected chi connectivity index (χ3v) is 6.06. The third-order valence-electron chi connectivity index (χ3n) is 4.75. The van der Waals surface area contributed by atoms with Crippen LogP contribution in [0.3, 0.4) is 0 Å². The molecule has 0 spiro atoms. The molecule has 7 nitrogen and oxygen atoms in total. The molecule has 1 aromatic carbocycles. The molecule has 0 saturated heterocycles. The highest BCUT2D eigenvalue weighted by atomic mass is 32.2. The second-order valence-corrected chi connectivity index (χ2v) is 8.66. The average molecular weight is 401 g/mol. The summed E-state index contributed by atoms with van der Waals surface area (Å²) in [6, 6.07) is 9.50. The fourth-order valence-electron chi connectivity index (χ4n) is 3.21. The van der Waals surface area contributed by atoms with E-state index in [9.17, 15) is 18.3 Å². The zero-order valence-electron chi connectivity index (χ0n) is 15.8. The standard InChI is InChI=1S/C20H23N3O4S/c1-3-28(26,27)22-16-12-18(20(24)25)19(21-13-16)23-10-8-15(9-11-23)17-7-5-4-6-14(17)2/h4-8,12-13,22H,3,9-11H2,1-2H3,(H,24,25). The van der Waals surface area contributed by atoms with Crippen LogP contribution in [0.1, 0.15) is 34.8 Å². The Balaban J connectivity index is 1.86. The molecule has 148 valence electrons. The minimum atomic E-state index is -3.50. The summed E-state index contributed by atoms with van der Waals surface area (Å²) in [5.41, 5.74) is 3.77. The van der Waals surface area contributed by atoms with Crippen molar-refractivity contribution in [1.82, 2.24) is 4.98 Å². The molecule has 0 bridgehead atoms. The molecule has 2 N–H and O–H groups in total. The molecular weight excluding hydrogens is 378 g/mol. The van der Waals surface area contributed by atoms with Crippen LogP contribution in [0.25, 0.3) is 5.57 Å². The van der Waals surface area contributed by atoms with Crippen LogP contribution in [0, 0.1) is 6.92 Å². The largest absolute Gasteiger partial charge is 0.478 e. The van der Waals surface area contributed by atoms with Gasteiger partial charge in [-0.25, -0.2) is 18.2 Å². The predicted octanol–water partition coefficient (Wildman–Crippen LogP) is 3.14. The van der Waals surface area contributed by atoms with E-state index in [4.69, 9.17) is 0 Å². The summed E-state index contributed by atoms with van der Waals surface area (Å²) in [6.07, 6.45) is 4.22. The quantitative estimate of drug-likeness (QED) is 0.771. The van der Waals surface area contributed by atoms with Crippen molar-refractivity contribution in [3.8, 4) is 0 Å². The molecule has 0 fully saturated rings. The molecule has 2 heterocycles. The predicted molar refractivity (Wildman–Crippen MR) is 110 cm³/mol. The number of aromatic carboxylic acids is 1. The summed E-state index contributed by atoms with van der Waals surface area (Å²) in [6.45, 7) is 4.75. The number of aryl methyl sites for hydroxylation is 1. The van der Waals surface area contributed by atoms with E-state index < -0.39 is 16.0 Å². The van der Waals surface area contributed by atoms with E-state index in [1.807, 2.05) is 17.0 Å². The van der Waals surface area contributed by atoms with E-state index in [1.165, 1.54) is 35.9 Å². The lowest BCUT2D eigenvalue weighted by Crippen LogP contribution is -2.31. The SMILES string of the molecule is CCS(=O)(=O)Nc1cnc(N2CC=C(c3ccccc3C)CC2)c(C(=O)O)c1. The Morgan fingerprint density at radius 1 is 1.32 bits per heavy atom. The molecule has 1 aliphatic rings. The summed E-state index contributed by atoms with van der Waals surface area (Å²) in [4.78, 5) is 17.9. The monoisotopic (exact) mass is 401 g/mol. The topological polar surface area (TPSA) is 99.6 Å². The molecule has 0 unspecified atom stereocenters. The number of rotatable bonds is 6. The van der Waals surface area contributed by atoms with Gasteiger partial charge in [0.05, 0.1) is 17.6 Å². The molecule has 3 rings (SSSR count). The lowest BCUT2D eigenvalue weighted by molar-refractivity contribution is 0.0697. The molecular formula is C20H23N3O4S. The Kier molecular flexibility index (Phi) is 5.69. The van der Waals surface area contributed by atoms with Crippen LogP contribution in [0.5, 0.6) is 0 Å². The number of nitrogens with zero attached hydrogens (tertiary/aromatic N) is 2. The van der Waals surface area contributed by atoms with E-state index in [0.717, 1.165) is 6.42 Å². The smallest absolute Gasteiger partial charge is 0.339 e. The first-order valence-electron chi connectivity index (χ1n) is 9.04. The van der Waals surface area contributed by atoms with Crippen LogP contribution in [-0.4, -0.2) is 43.3 Å². The zero-order chi connectivity index (χ0) is 20.3. The van der Waals surface area contributed by atoms with Gasteiger partial charge in [-0.3, -0.25) is 4.72 Å². The Bertz CT molecular complexity index is 1030. The molecule has 2 aromatic rings. The number of nitrogens with one attached hydrogen (secondary N) is 1. The van der Waals surface area contributed by atoms with Gasteiger partial charge in [-0.05, 0) is 43.0 Å². The van der Waals surface area contributed by atoms with Crippen molar-refractivity contribution in [2.45, 2.75) is 20.3 Å². The number of benzene rings is 1. The molecule has 28 heavy (non-hydrogen) atoms. The summed E-state index contributed by atoms with van der Waals surface area (Å²) in [7, 11) is -3.50. The molecule has 0 saturated carbocycles. The fraction of sp³-hybridized carbons (Fsp3) is 0.300. The summed E-state index contributed by atoms with van der Waals surface area (Å²) in [5, 5.41) is 9.58. The van der Waals surface area contributed by atoms with E-state index in [2.05, 4.69) is 34.8 Å². The van der Waals surface area contributed by atoms with Gasteiger partial charge in [0.1, 0.15) is 11.4 Å². The van der Waals surface area contributed by atoms with Gasteiger partial charge in [-0.2, -0.15) is 0 Å². The third kappa shape index (κ3) is 4.33. The number of anilines is 2. The van der Waals surface area contributed by atoms with Gasteiger partial charge >= 0.3 is 5.97 Å². The molecule has 1 aromatic heterocycles. The van der Waals surface area contributed by atoms with E-state index in [0.29, 0.717) is 18.9 Å². The van der Waals surface area contributed by atoms with Gasteiger partial charge in [0.2, 0.25) is 10.0 Å². The van der Waals surface area contributed by atoms with Gasteiger partial charge in [-0.15, -0.1) is 0 Å². The highest BCUT2D eigenvalue weighted by Crippen LogP contribution is 2.29. The zero-order valence-corrected chi connectivity index (χ0v) is 16.7. The van der Waals surface area contributed by atoms with Crippen LogP contribution < -0.4 is 9.62 Å². The molecule has 1 aliphatic heterocycles. The number of sulfonamides is 1. The number of hydrogen-bond donors (Lipinski definition) is 2. The van der Waals surface area contributed by atoms with Crippen LogP contribution in [0.4, 0.5) is 11.5 Å². The Labute approximate surface area is 164 Å². The van der Waals surface area contributed by atoms with E-state index in [-0.39, 0.29) is 17.0 Å². The number of aromatic nitrogens is 1. The van der Waals surface area contributed by atoms with Gasteiger partial charge in [0.25, 0.3) is 0 Å². The van der Waals surface area contributed by atoms with Crippen LogP contribution in [0.2, 0.25) is 0 Å². The molecule has 8 heteroatoms. The molecule has 0 atom stereocenters. The lowest BCUT2D eigenvalue weighted by atomic mass is 9.95. The van der Waals surface area contributed by atoms with Crippen molar-refractivity contribution >= 4 is 33.1 Å². The number of carboxylic acid groups (broad SMARTS) is 1. The summed E-state index contributed by atoms with van der Waals surface area (Å²) < 4.78 is 25.8. The molecule has 0 amide bonds. The number of carbonyl (C=O) groups is 1. The maximum absolute atomic E-state index is 11.7. The second kappa shape index (κ2) is 8.02. The Hall–Kier alpha value is -2.87. The highest BCUT2D eigenvalue weighted by molar-refractivity contribution is 7.92. The Morgan fingerprint density at radius 3 is 2.68 bits per heavy atom. The maximum Gasteiger partial charge on any atom is 0.339 e. The lowest BCUT2D eigenvalue weighted by Gasteiger charge is -2.29. The van der Waals surface area contributed by atoms with E-state index in [1.54, 1.807) is 0 Å². The summed E-state index contributed by atoms with van der Waals surface area (Å²) in [5.74, 6) is -0.906. The van der Waals surface area contributed by atoms with Gasteiger partial charge < -0.3 is 10.0 Å². The summed E-state index contributed by atoms with van der Waals surface area (Å²) >= 11 is 0. The van der Waals surface area contributed by atoms with Crippen molar-refractivity contribution < 1.29 is 18.3 Å². The average Bonchev–Trinajstić information content (AvgIpc) is 2.68. The number of carboxylic acids is 1. The van der Waals surface area contributed by atoms with Gasteiger partial charge in [0.15, 0.2) is 0 Å². The van der Waals surface area contributed by atoms with Crippen molar-refractivity contribution in [1.29, 1.82) is 0 Å². The van der Waals surface area contributed by atoms with Crippen LogP contribution in [-0.2, 0) is 10.0 Å². The van der Waals surface area contributed by atoms with Crippen molar-refractivity contribution in [3.05, 3.63) is 59.3 Å². The first-order chi connectivity index (χ1) is 13.3. The molecule has 0 radical (unpaired) electrons. The Morgan fingerprint density at radius 2 is 2.07 bits per heavy atom. The van der Waals surface area contributed by atoms with Crippen molar-refractivity contribution in [2.24, 2.45) is 0 Å². The number of hydrogen-bond acceptors (Lipinski definition) is 5. The van der Waals surface area contributed by atoms with E-state index >= 15 is 0 Å². The first-order valence-corrected chi connectivity index (χ1v) is 10.7. The van der Waals surface area contributed by atoms with Crippen LogP contribution >= 0.6 is 0 Å². The minimum absolute atomic E-state index is 0.0240. The normalized spacial score (nSPS) is 14.5. The minimum Gasteiger partial charge on any atom is -0.478 e. The highest BCUT2D eigenvalue weighted by Gasteiger charge is 2.22. The molecule has 0 aliphatic carbocycles. The maximum atomic E-state index is 11.7. The fourth-order valence-corrected chi connectivity index (χ4v) is 3.83. The van der Waals surface area contributed by atoms with Gasteiger partial charge in [0, 0.05) is 13.1 Å².